The lowest BCUT2D eigenvalue weighted by Crippen LogP contribution is -2.52. The van der Waals surface area contributed by atoms with Crippen LogP contribution in [0.3, 0.4) is 0 Å². The maximum absolute atomic E-state index is 13.6. The summed E-state index contributed by atoms with van der Waals surface area (Å²) in [6.07, 6.45) is 5.55. The van der Waals surface area contributed by atoms with E-state index >= 15 is 0 Å². The molecule has 0 aliphatic carbocycles. The third kappa shape index (κ3) is 4.17. The second-order valence-corrected chi connectivity index (χ2v) is 9.20. The highest BCUT2D eigenvalue weighted by atomic mass is 16.5. The van der Waals surface area contributed by atoms with Gasteiger partial charge in [-0.15, -0.1) is 0 Å². The van der Waals surface area contributed by atoms with Crippen LogP contribution in [0.5, 0.6) is 0 Å². The van der Waals surface area contributed by atoms with E-state index in [2.05, 4.69) is 37.6 Å². The molecule has 4 nitrogen and oxygen atoms in total. The van der Waals surface area contributed by atoms with Crippen molar-refractivity contribution in [2.24, 2.45) is 17.3 Å². The van der Waals surface area contributed by atoms with E-state index in [-0.39, 0.29) is 16.8 Å². The van der Waals surface area contributed by atoms with Crippen molar-refractivity contribution < 1.29 is 9.53 Å². The molecule has 0 radical (unpaired) electrons. The van der Waals surface area contributed by atoms with Gasteiger partial charge in [0.2, 0.25) is 0 Å². The summed E-state index contributed by atoms with van der Waals surface area (Å²) < 4.78 is 5.99. The van der Waals surface area contributed by atoms with Gasteiger partial charge >= 0.3 is 0 Å². The maximum Gasteiger partial charge on any atom is 0.187 e. The van der Waals surface area contributed by atoms with Crippen LogP contribution < -0.4 is 0 Å². The van der Waals surface area contributed by atoms with Crippen LogP contribution in [0.25, 0.3) is 0 Å². The quantitative estimate of drug-likeness (QED) is 0.740. The fourth-order valence-corrected chi connectivity index (χ4v) is 5.07. The number of pyridine rings is 1. The van der Waals surface area contributed by atoms with Crippen molar-refractivity contribution in [3.05, 3.63) is 30.1 Å². The van der Waals surface area contributed by atoms with Crippen LogP contribution in [-0.2, 0) is 4.74 Å². The van der Waals surface area contributed by atoms with Crippen molar-refractivity contribution in [2.45, 2.75) is 59.0 Å². The average molecular weight is 359 g/mol. The normalized spacial score (nSPS) is 27.6. The monoisotopic (exact) mass is 358 g/mol. The summed E-state index contributed by atoms with van der Waals surface area (Å²) >= 11 is 0. The standard InChI is InChI=1S/C22H34N2O2/c1-17(2)15-24-12-8-18(9-13-24)22(10-14-26-21(3,4)16-22)20(25)19-7-5-6-11-23-19/h5-7,11,17-18H,8-10,12-16H2,1-4H3. The van der Waals surface area contributed by atoms with Crippen LogP contribution in [0.15, 0.2) is 24.4 Å². The van der Waals surface area contributed by atoms with Crippen molar-refractivity contribution in [1.82, 2.24) is 9.88 Å². The maximum atomic E-state index is 13.6. The zero-order valence-electron chi connectivity index (χ0n) is 16.8. The second kappa shape index (κ2) is 7.77. The van der Waals surface area contributed by atoms with E-state index in [0.29, 0.717) is 24.1 Å². The Morgan fingerprint density at radius 3 is 2.62 bits per heavy atom. The van der Waals surface area contributed by atoms with Gasteiger partial charge in [0.05, 0.1) is 5.60 Å². The van der Waals surface area contributed by atoms with Crippen molar-refractivity contribution in [3.63, 3.8) is 0 Å². The number of carbonyl (C=O) groups is 1. The van der Waals surface area contributed by atoms with Gasteiger partial charge in [0.1, 0.15) is 5.69 Å². The summed E-state index contributed by atoms with van der Waals surface area (Å²) in [5.41, 5.74) is 0.0347. The minimum absolute atomic E-state index is 0.233. The third-order valence-corrected chi connectivity index (χ3v) is 6.12. The number of likely N-dealkylation sites (tertiary alicyclic amines) is 1. The first-order valence-electron chi connectivity index (χ1n) is 10.1. The fourth-order valence-electron chi connectivity index (χ4n) is 5.07. The van der Waals surface area contributed by atoms with Gasteiger partial charge in [-0.1, -0.05) is 19.9 Å². The molecule has 0 saturated carbocycles. The number of piperidine rings is 1. The lowest BCUT2D eigenvalue weighted by Gasteiger charge is -2.50. The highest BCUT2D eigenvalue weighted by Gasteiger charge is 2.52. The van der Waals surface area contributed by atoms with Gasteiger partial charge in [-0.3, -0.25) is 9.78 Å². The summed E-state index contributed by atoms with van der Waals surface area (Å²) in [5.74, 6) is 1.35. The highest BCUT2D eigenvalue weighted by Crippen LogP contribution is 2.49. The fraction of sp³-hybridized carbons (Fsp3) is 0.727. The Hall–Kier alpha value is -1.26. The largest absolute Gasteiger partial charge is 0.376 e. The lowest BCUT2D eigenvalue weighted by molar-refractivity contribution is -0.113. The topological polar surface area (TPSA) is 42.4 Å². The lowest BCUT2D eigenvalue weighted by atomic mass is 9.60. The Morgan fingerprint density at radius 2 is 2.04 bits per heavy atom. The molecule has 4 heteroatoms. The molecule has 3 rings (SSSR count). The SMILES string of the molecule is CC(C)CN1CCC(C2(C(=O)c3ccccn3)CCOC(C)(C)C2)CC1. The first-order valence-corrected chi connectivity index (χ1v) is 10.1. The van der Waals surface area contributed by atoms with E-state index in [1.807, 2.05) is 18.2 Å². The molecule has 3 heterocycles. The van der Waals surface area contributed by atoms with E-state index in [4.69, 9.17) is 4.74 Å². The molecule has 0 spiro atoms. The highest BCUT2D eigenvalue weighted by molar-refractivity contribution is 5.99. The Kier molecular flexibility index (Phi) is 5.83. The van der Waals surface area contributed by atoms with E-state index in [0.717, 1.165) is 45.3 Å². The Labute approximate surface area is 158 Å². The van der Waals surface area contributed by atoms with Crippen LogP contribution in [0.1, 0.15) is 63.9 Å². The molecule has 2 aliphatic heterocycles. The van der Waals surface area contributed by atoms with Crippen molar-refractivity contribution in [3.8, 4) is 0 Å². The molecule has 1 unspecified atom stereocenters. The predicted molar refractivity (Wildman–Crippen MR) is 104 cm³/mol. The van der Waals surface area contributed by atoms with Gasteiger partial charge < -0.3 is 9.64 Å². The molecule has 26 heavy (non-hydrogen) atoms. The molecule has 2 fully saturated rings. The molecule has 0 N–H and O–H groups in total. The second-order valence-electron chi connectivity index (χ2n) is 9.20. The van der Waals surface area contributed by atoms with Gasteiger partial charge in [0.15, 0.2) is 5.78 Å². The van der Waals surface area contributed by atoms with Gasteiger partial charge in [-0.2, -0.15) is 0 Å². The van der Waals surface area contributed by atoms with Crippen LogP contribution in [0.4, 0.5) is 0 Å². The van der Waals surface area contributed by atoms with Crippen molar-refractivity contribution in [1.29, 1.82) is 0 Å². The number of ketones is 1. The first kappa shape index (κ1) is 19.5. The molecule has 1 aromatic heterocycles. The zero-order chi connectivity index (χ0) is 18.8. The van der Waals surface area contributed by atoms with Crippen LogP contribution in [0.2, 0.25) is 0 Å². The predicted octanol–water partition coefficient (Wildman–Crippen LogP) is 4.21. The van der Waals surface area contributed by atoms with E-state index in [1.165, 1.54) is 0 Å². The van der Waals surface area contributed by atoms with Gasteiger partial charge in [-0.25, -0.2) is 0 Å². The molecule has 0 bridgehead atoms. The molecular formula is C22H34N2O2. The molecular weight excluding hydrogens is 324 g/mol. The average Bonchev–Trinajstić information content (AvgIpc) is 2.61. The molecule has 1 atom stereocenters. The van der Waals surface area contributed by atoms with Gasteiger partial charge in [-0.05, 0) is 76.6 Å². The molecule has 1 aromatic rings. The Morgan fingerprint density at radius 1 is 1.31 bits per heavy atom. The minimum atomic E-state index is -0.333. The van der Waals surface area contributed by atoms with E-state index < -0.39 is 0 Å². The summed E-state index contributed by atoms with van der Waals surface area (Å²) in [5, 5.41) is 0. The van der Waals surface area contributed by atoms with Crippen LogP contribution in [0, 0.1) is 17.3 Å². The van der Waals surface area contributed by atoms with Crippen molar-refractivity contribution in [2.75, 3.05) is 26.2 Å². The zero-order valence-corrected chi connectivity index (χ0v) is 16.8. The third-order valence-electron chi connectivity index (χ3n) is 6.12. The minimum Gasteiger partial charge on any atom is -0.376 e. The number of ether oxygens (including phenoxy) is 1. The summed E-state index contributed by atoms with van der Waals surface area (Å²) in [6.45, 7) is 12.8. The number of carbonyl (C=O) groups excluding carboxylic acids is 1. The van der Waals surface area contributed by atoms with Gasteiger partial charge in [0, 0.05) is 24.8 Å². The van der Waals surface area contributed by atoms with E-state index in [9.17, 15) is 4.79 Å². The van der Waals surface area contributed by atoms with Gasteiger partial charge in [0.25, 0.3) is 0 Å². The smallest absolute Gasteiger partial charge is 0.187 e. The Balaban J connectivity index is 1.84. The molecule has 0 amide bonds. The van der Waals surface area contributed by atoms with Crippen LogP contribution in [-0.4, -0.2) is 47.5 Å². The number of hydrogen-bond donors (Lipinski definition) is 0. The number of rotatable bonds is 5. The number of Topliss-reactive ketones (excluding diaryl/α,β-unsaturated/α-hetero) is 1. The summed E-state index contributed by atoms with van der Waals surface area (Å²) in [7, 11) is 0. The summed E-state index contributed by atoms with van der Waals surface area (Å²) in [6, 6.07) is 5.67. The molecule has 144 valence electrons. The number of hydrogen-bond acceptors (Lipinski definition) is 4. The summed E-state index contributed by atoms with van der Waals surface area (Å²) in [4.78, 5) is 20.6. The first-order chi connectivity index (χ1) is 12.3. The molecule has 2 saturated heterocycles. The Bertz CT molecular complexity index is 606. The number of nitrogens with zero attached hydrogens (tertiary/aromatic N) is 2. The van der Waals surface area contributed by atoms with E-state index in [1.54, 1.807) is 6.20 Å². The number of aromatic nitrogens is 1. The van der Waals surface area contributed by atoms with Crippen LogP contribution >= 0.6 is 0 Å². The van der Waals surface area contributed by atoms with Crippen molar-refractivity contribution >= 4 is 5.78 Å². The molecule has 0 aromatic carbocycles. The molecule has 2 aliphatic rings.